The van der Waals surface area contributed by atoms with Crippen LogP contribution in [0.3, 0.4) is 0 Å². The van der Waals surface area contributed by atoms with Gasteiger partial charge >= 0.3 is 0 Å². The molecule has 0 amide bonds. The Kier molecular flexibility index (Phi) is 8.54. The fraction of sp³-hybridized carbons (Fsp3) is 0.812. The molecular formula is C16H31N3O. The maximum Gasteiger partial charge on any atom is 0.101 e. The maximum absolute atomic E-state index is 6.18. The van der Waals surface area contributed by atoms with E-state index in [9.17, 15) is 0 Å². The van der Waals surface area contributed by atoms with Crippen LogP contribution in [-0.4, -0.2) is 22.4 Å². The first-order valence-electron chi connectivity index (χ1n) is 8.04. The van der Waals surface area contributed by atoms with Crippen LogP contribution in [0.2, 0.25) is 0 Å². The molecule has 1 aromatic heterocycles. The Hall–Kier alpha value is -0.870. The summed E-state index contributed by atoms with van der Waals surface area (Å²) in [5.41, 5.74) is 7.27. The first kappa shape index (κ1) is 17.2. The monoisotopic (exact) mass is 281 g/mol. The molecule has 0 spiro atoms. The smallest absolute Gasteiger partial charge is 0.101 e. The lowest BCUT2D eigenvalue weighted by Gasteiger charge is -2.22. The molecule has 1 rings (SSSR count). The Morgan fingerprint density at radius 2 is 1.90 bits per heavy atom. The fourth-order valence-electron chi connectivity index (χ4n) is 2.36. The number of hydrogen-bond donors (Lipinski definition) is 1. The molecule has 0 aliphatic carbocycles. The van der Waals surface area contributed by atoms with Gasteiger partial charge in [-0.2, -0.15) is 5.10 Å². The lowest BCUT2D eigenvalue weighted by atomic mass is 10.0. The lowest BCUT2D eigenvalue weighted by molar-refractivity contribution is 0.0310. The van der Waals surface area contributed by atoms with Gasteiger partial charge in [0.1, 0.15) is 6.10 Å². The highest BCUT2D eigenvalue weighted by molar-refractivity contribution is 5.10. The molecule has 4 nitrogen and oxygen atoms in total. The fourth-order valence-corrected chi connectivity index (χ4v) is 2.36. The summed E-state index contributed by atoms with van der Waals surface area (Å²) in [5, 5.41) is 4.21. The molecule has 2 unspecified atom stereocenters. The lowest BCUT2D eigenvalue weighted by Crippen LogP contribution is -2.29. The highest BCUT2D eigenvalue weighted by atomic mass is 16.5. The average Bonchev–Trinajstić information content (AvgIpc) is 2.87. The van der Waals surface area contributed by atoms with E-state index in [1.165, 1.54) is 32.1 Å². The molecular weight excluding hydrogens is 250 g/mol. The number of hydrogen-bond acceptors (Lipinski definition) is 3. The van der Waals surface area contributed by atoms with Gasteiger partial charge in [-0.25, -0.2) is 0 Å². The van der Waals surface area contributed by atoms with Crippen LogP contribution in [0.15, 0.2) is 12.4 Å². The number of ether oxygens (including phenoxy) is 1. The molecule has 0 bridgehead atoms. The molecule has 2 atom stereocenters. The molecule has 2 N–H and O–H groups in total. The van der Waals surface area contributed by atoms with E-state index in [0.717, 1.165) is 25.0 Å². The standard InChI is InChI=1S/C16H31N3O/c1-4-6-7-8-9-10-11-20-16(15(17)5-2)14-12-18-19(3)13-14/h12-13,15-16H,4-11,17H2,1-3H3. The summed E-state index contributed by atoms with van der Waals surface area (Å²) in [6, 6.07) is 0.0410. The van der Waals surface area contributed by atoms with E-state index in [-0.39, 0.29) is 12.1 Å². The van der Waals surface area contributed by atoms with E-state index in [0.29, 0.717) is 0 Å². The van der Waals surface area contributed by atoms with Crippen molar-refractivity contribution in [3.05, 3.63) is 18.0 Å². The molecule has 20 heavy (non-hydrogen) atoms. The first-order chi connectivity index (χ1) is 9.69. The highest BCUT2D eigenvalue weighted by Gasteiger charge is 2.20. The topological polar surface area (TPSA) is 53.1 Å². The van der Waals surface area contributed by atoms with Gasteiger partial charge in [-0.1, -0.05) is 46.0 Å². The Bertz CT molecular complexity index is 351. The second-order valence-electron chi connectivity index (χ2n) is 5.58. The molecule has 116 valence electrons. The predicted octanol–water partition coefficient (Wildman–Crippen LogP) is 3.58. The van der Waals surface area contributed by atoms with Crippen LogP contribution >= 0.6 is 0 Å². The van der Waals surface area contributed by atoms with Crippen LogP contribution in [0.5, 0.6) is 0 Å². The Morgan fingerprint density at radius 3 is 2.50 bits per heavy atom. The zero-order chi connectivity index (χ0) is 14.8. The van der Waals surface area contributed by atoms with Crippen LogP contribution < -0.4 is 5.73 Å². The zero-order valence-electron chi connectivity index (χ0n) is 13.3. The number of rotatable bonds is 11. The molecule has 0 saturated heterocycles. The Labute approximate surface area is 123 Å². The van der Waals surface area contributed by atoms with Gasteiger partial charge in [-0.3, -0.25) is 4.68 Å². The summed E-state index contributed by atoms with van der Waals surface area (Å²) < 4.78 is 7.83. The molecule has 0 aromatic carbocycles. The van der Waals surface area contributed by atoms with Gasteiger partial charge in [0.05, 0.1) is 6.20 Å². The van der Waals surface area contributed by atoms with Crippen molar-refractivity contribution in [3.63, 3.8) is 0 Å². The third-order valence-corrected chi connectivity index (χ3v) is 3.71. The summed E-state index contributed by atoms with van der Waals surface area (Å²) in [6.07, 6.45) is 12.4. The SMILES string of the molecule is CCCCCCCCOC(c1cnn(C)c1)C(N)CC. The maximum atomic E-state index is 6.18. The summed E-state index contributed by atoms with van der Waals surface area (Å²) >= 11 is 0. The molecule has 0 aliphatic rings. The average molecular weight is 281 g/mol. The summed E-state index contributed by atoms with van der Waals surface area (Å²) in [7, 11) is 1.92. The summed E-state index contributed by atoms with van der Waals surface area (Å²) in [6.45, 7) is 5.13. The zero-order valence-corrected chi connectivity index (χ0v) is 13.3. The first-order valence-corrected chi connectivity index (χ1v) is 8.04. The van der Waals surface area contributed by atoms with Crippen molar-refractivity contribution in [2.24, 2.45) is 12.8 Å². The van der Waals surface area contributed by atoms with Crippen LogP contribution in [-0.2, 0) is 11.8 Å². The van der Waals surface area contributed by atoms with Crippen LogP contribution in [0.25, 0.3) is 0 Å². The molecule has 4 heteroatoms. The Morgan fingerprint density at radius 1 is 1.20 bits per heavy atom. The van der Waals surface area contributed by atoms with Crippen molar-refractivity contribution in [2.75, 3.05) is 6.61 Å². The van der Waals surface area contributed by atoms with E-state index in [4.69, 9.17) is 10.5 Å². The van der Waals surface area contributed by atoms with Crippen LogP contribution in [0.1, 0.15) is 70.5 Å². The van der Waals surface area contributed by atoms with E-state index in [1.54, 1.807) is 4.68 Å². The number of aromatic nitrogens is 2. The molecule has 0 fully saturated rings. The third kappa shape index (κ3) is 6.06. The normalized spacial score (nSPS) is 14.4. The Balaban J connectivity index is 2.31. The molecule has 0 saturated carbocycles. The van der Waals surface area contributed by atoms with Crippen molar-refractivity contribution in [1.82, 2.24) is 9.78 Å². The van der Waals surface area contributed by atoms with Gasteiger partial charge in [-0.15, -0.1) is 0 Å². The van der Waals surface area contributed by atoms with Crippen molar-refractivity contribution < 1.29 is 4.74 Å². The molecule has 1 heterocycles. The van der Waals surface area contributed by atoms with Crippen molar-refractivity contribution >= 4 is 0 Å². The number of unbranched alkanes of at least 4 members (excludes halogenated alkanes) is 5. The second kappa shape index (κ2) is 9.94. The minimum Gasteiger partial charge on any atom is -0.372 e. The number of aryl methyl sites for hydroxylation is 1. The van der Waals surface area contributed by atoms with Gasteiger partial charge in [0, 0.05) is 31.5 Å². The van der Waals surface area contributed by atoms with Crippen molar-refractivity contribution in [1.29, 1.82) is 0 Å². The van der Waals surface area contributed by atoms with Gasteiger partial charge in [0.15, 0.2) is 0 Å². The number of nitrogens with zero attached hydrogens (tertiary/aromatic N) is 2. The summed E-state index contributed by atoms with van der Waals surface area (Å²) in [5.74, 6) is 0. The minimum absolute atomic E-state index is 0.0238. The van der Waals surface area contributed by atoms with Crippen LogP contribution in [0, 0.1) is 0 Å². The van der Waals surface area contributed by atoms with Crippen LogP contribution in [0.4, 0.5) is 0 Å². The van der Waals surface area contributed by atoms with E-state index in [1.807, 2.05) is 19.4 Å². The summed E-state index contributed by atoms with van der Waals surface area (Å²) in [4.78, 5) is 0. The quantitative estimate of drug-likeness (QED) is 0.631. The van der Waals surface area contributed by atoms with E-state index >= 15 is 0 Å². The van der Waals surface area contributed by atoms with Gasteiger partial charge in [0.2, 0.25) is 0 Å². The van der Waals surface area contributed by atoms with E-state index in [2.05, 4.69) is 18.9 Å². The molecule has 0 radical (unpaired) electrons. The predicted molar refractivity (Wildman–Crippen MR) is 83.5 cm³/mol. The molecule has 1 aromatic rings. The highest BCUT2D eigenvalue weighted by Crippen LogP contribution is 2.22. The third-order valence-electron chi connectivity index (χ3n) is 3.71. The van der Waals surface area contributed by atoms with E-state index < -0.39 is 0 Å². The largest absolute Gasteiger partial charge is 0.372 e. The molecule has 0 aliphatic heterocycles. The van der Waals surface area contributed by atoms with Crippen molar-refractivity contribution in [3.8, 4) is 0 Å². The van der Waals surface area contributed by atoms with Gasteiger partial charge in [-0.05, 0) is 12.8 Å². The van der Waals surface area contributed by atoms with Gasteiger partial charge < -0.3 is 10.5 Å². The minimum atomic E-state index is -0.0238. The number of nitrogens with two attached hydrogens (primary N) is 1. The van der Waals surface area contributed by atoms with Gasteiger partial charge in [0.25, 0.3) is 0 Å². The van der Waals surface area contributed by atoms with Crippen molar-refractivity contribution in [2.45, 2.75) is 70.9 Å². The second-order valence-corrected chi connectivity index (χ2v) is 5.58.